The van der Waals surface area contributed by atoms with Crippen LogP contribution in [0.25, 0.3) is 0 Å². The van der Waals surface area contributed by atoms with Crippen molar-refractivity contribution in [2.75, 3.05) is 13.2 Å². The molecule has 2 saturated heterocycles. The van der Waals surface area contributed by atoms with Gasteiger partial charge in [0.15, 0.2) is 12.5 Å². The van der Waals surface area contributed by atoms with E-state index in [0.29, 0.717) is 4.57 Å². The zero-order valence-electron chi connectivity index (χ0n) is 18.8. The third-order valence-electron chi connectivity index (χ3n) is 5.15. The second-order valence-electron chi connectivity index (χ2n) is 7.66. The van der Waals surface area contributed by atoms with Crippen LogP contribution in [0.1, 0.15) is 6.23 Å². The first-order chi connectivity index (χ1) is 16.7. The van der Waals surface area contributed by atoms with Crippen molar-refractivity contribution in [1.29, 1.82) is 0 Å². The second-order valence-corrected chi connectivity index (χ2v) is 10.6. The molecule has 2 aliphatic heterocycles. The molecular weight excluding hydrogens is 565 g/mol. The van der Waals surface area contributed by atoms with E-state index in [1.54, 1.807) is 0 Å². The third-order valence-corrected chi connectivity index (χ3v) is 7.72. The maximum atomic E-state index is 12.1. The molecule has 0 saturated carbocycles. The molecule has 1 aromatic rings. The van der Waals surface area contributed by atoms with E-state index < -0.39 is 95.4 Å². The predicted molar refractivity (Wildman–Crippen MR) is 107 cm³/mol. The minimum Gasteiger partial charge on any atom is -0.756 e. The molecule has 3 rings (SSSR count). The average molecular weight is 588 g/mol. The Hall–Kier alpha value is -0.380. The number of rotatable bonds is 9. The molecule has 0 spiro atoms. The number of phosphoric acid groups is 2. The van der Waals surface area contributed by atoms with Crippen molar-refractivity contribution >= 4 is 15.6 Å². The molecule has 3 heterocycles. The fourth-order valence-electron chi connectivity index (χ4n) is 3.34. The van der Waals surface area contributed by atoms with E-state index in [0.717, 1.165) is 12.3 Å². The Morgan fingerprint density at radius 3 is 2.22 bits per heavy atom. The molecule has 2 fully saturated rings. The monoisotopic (exact) mass is 588 g/mol. The molecule has 19 nitrogen and oxygen atoms in total. The van der Waals surface area contributed by atoms with E-state index in [2.05, 4.69) is 13.4 Å². The molecule has 11 unspecified atom stereocenters. The summed E-state index contributed by atoms with van der Waals surface area (Å²) in [6.07, 6.45) is -15.6. The first-order valence-electron chi connectivity index (χ1n) is 9.97. The largest absolute Gasteiger partial charge is 1.00 e. The Labute approximate surface area is 228 Å². The minimum atomic E-state index is -5.84. The summed E-state index contributed by atoms with van der Waals surface area (Å²) in [4.78, 5) is 46.7. The van der Waals surface area contributed by atoms with Gasteiger partial charge in [0.25, 0.3) is 13.4 Å². The number of aliphatic hydroxyl groups excluding tert-OH is 6. The molecule has 11 atom stereocenters. The van der Waals surface area contributed by atoms with Gasteiger partial charge in [-0.15, -0.1) is 0 Å². The van der Waals surface area contributed by atoms with Crippen LogP contribution < -0.4 is 45.7 Å². The van der Waals surface area contributed by atoms with Gasteiger partial charge in [-0.3, -0.25) is 28.0 Å². The van der Waals surface area contributed by atoms with Crippen LogP contribution in [0.4, 0.5) is 0 Å². The Balaban J connectivity index is 0.00000481. The van der Waals surface area contributed by atoms with Crippen LogP contribution in [0, 0.1) is 0 Å². The van der Waals surface area contributed by atoms with Crippen molar-refractivity contribution in [1.82, 2.24) is 9.55 Å². The molecule has 37 heavy (non-hydrogen) atoms. The van der Waals surface area contributed by atoms with Gasteiger partial charge in [0.05, 0.1) is 13.2 Å². The van der Waals surface area contributed by atoms with Crippen LogP contribution >= 0.6 is 15.6 Å². The number of aromatic nitrogens is 2. The van der Waals surface area contributed by atoms with E-state index in [1.165, 1.54) is 0 Å². The summed E-state index contributed by atoms with van der Waals surface area (Å²) in [5.74, 6) is 0. The van der Waals surface area contributed by atoms with Crippen LogP contribution in [0.15, 0.2) is 21.9 Å². The quantitative estimate of drug-likeness (QED) is 0.0981. The molecule has 0 bridgehead atoms. The minimum absolute atomic E-state index is 0. The van der Waals surface area contributed by atoms with Crippen molar-refractivity contribution < 1.29 is 102 Å². The molecule has 8 N–H and O–H groups in total. The number of nitrogens with one attached hydrogen (secondary N) is 1. The van der Waals surface area contributed by atoms with Gasteiger partial charge in [0, 0.05) is 12.3 Å². The number of H-pyrrole nitrogens is 1. The molecule has 22 heteroatoms. The van der Waals surface area contributed by atoms with E-state index in [9.17, 15) is 54.0 Å². The van der Waals surface area contributed by atoms with Gasteiger partial charge in [-0.1, -0.05) is 0 Å². The average Bonchev–Trinajstić information content (AvgIpc) is 3.06. The fraction of sp³-hybridized carbons (Fsp3) is 0.733. The molecule has 0 aliphatic carbocycles. The van der Waals surface area contributed by atoms with E-state index in [-0.39, 0.29) is 29.6 Å². The third kappa shape index (κ3) is 7.85. The van der Waals surface area contributed by atoms with E-state index >= 15 is 0 Å². The number of nitrogens with zero attached hydrogens (tertiary/aromatic N) is 1. The van der Waals surface area contributed by atoms with Crippen molar-refractivity contribution in [2.24, 2.45) is 0 Å². The summed E-state index contributed by atoms with van der Waals surface area (Å²) >= 11 is 0. The molecule has 0 radical (unpaired) electrons. The maximum Gasteiger partial charge on any atom is 1.00 e. The van der Waals surface area contributed by atoms with Crippen LogP contribution in [0.5, 0.6) is 0 Å². The van der Waals surface area contributed by atoms with Crippen molar-refractivity contribution in [3.8, 4) is 0 Å². The van der Waals surface area contributed by atoms with Gasteiger partial charge >= 0.3 is 43.1 Å². The summed E-state index contributed by atoms with van der Waals surface area (Å²) in [6, 6.07) is 0.921. The van der Waals surface area contributed by atoms with Gasteiger partial charge in [-0.2, -0.15) is 0 Å². The molecular formula is C15H23N2NaO17P2. The molecule has 0 aromatic carbocycles. The predicted octanol–water partition coefficient (Wildman–Crippen LogP) is -8.42. The van der Waals surface area contributed by atoms with Crippen molar-refractivity contribution in [2.45, 2.75) is 55.2 Å². The SMILES string of the molecule is O=c1ccn(C2OC(COP(=O)(O)OP(=O)([O-])OC3OC(CO)C(O)C(O)C3O)C(O)C2O)c(=O)[nH]1.[Na+]. The number of ether oxygens (including phenoxy) is 2. The van der Waals surface area contributed by atoms with Crippen LogP contribution in [0.3, 0.4) is 0 Å². The number of phosphoric ester groups is 2. The molecule has 0 amide bonds. The van der Waals surface area contributed by atoms with Gasteiger partial charge < -0.3 is 49.9 Å². The topological polar surface area (TPSA) is 300 Å². The fourth-order valence-corrected chi connectivity index (χ4v) is 5.46. The number of hydrogen-bond acceptors (Lipinski definition) is 16. The molecule has 2 aliphatic rings. The zero-order valence-corrected chi connectivity index (χ0v) is 22.6. The summed E-state index contributed by atoms with van der Waals surface area (Å²) in [5, 5.41) is 58.5. The Kier molecular flexibility index (Phi) is 11.4. The summed E-state index contributed by atoms with van der Waals surface area (Å²) in [7, 11) is -11.4. The van der Waals surface area contributed by atoms with Gasteiger partial charge in [-0.05, 0) is 0 Å². The Morgan fingerprint density at radius 2 is 1.62 bits per heavy atom. The smallest absolute Gasteiger partial charge is 0.756 e. The van der Waals surface area contributed by atoms with Gasteiger partial charge in [0.2, 0.25) is 0 Å². The van der Waals surface area contributed by atoms with Gasteiger partial charge in [-0.25, -0.2) is 13.7 Å². The summed E-state index contributed by atoms with van der Waals surface area (Å²) in [6.45, 7) is -1.97. The van der Waals surface area contributed by atoms with Crippen LogP contribution in [0.2, 0.25) is 0 Å². The maximum absolute atomic E-state index is 12.1. The van der Waals surface area contributed by atoms with E-state index in [1.807, 2.05) is 4.98 Å². The normalized spacial score (nSPS) is 37.4. The van der Waals surface area contributed by atoms with Crippen molar-refractivity contribution in [3.63, 3.8) is 0 Å². The van der Waals surface area contributed by atoms with Gasteiger partial charge in [0.1, 0.15) is 42.7 Å². The molecule has 206 valence electrons. The Morgan fingerprint density at radius 1 is 1.00 bits per heavy atom. The standard InChI is InChI=1S/C15H24N2O17P2.Na/c18-3-5-8(20)10(22)12(24)14(32-5)33-36(28,29)34-35(26,27)30-4-6-9(21)11(23)13(31-6)17-2-1-7(19)16-15(17)25;/h1-2,5-6,8-14,18,20-24H,3-4H2,(H,26,27)(H,28,29)(H,16,19,25);/q;+1/p-1. The molecule has 1 aromatic heterocycles. The Bertz CT molecular complexity index is 1130. The van der Waals surface area contributed by atoms with E-state index in [4.69, 9.17) is 14.6 Å². The number of aliphatic hydroxyl groups is 6. The summed E-state index contributed by atoms with van der Waals surface area (Å²) in [5.41, 5.74) is -1.76. The number of aromatic amines is 1. The first-order valence-corrected chi connectivity index (χ1v) is 12.9. The van der Waals surface area contributed by atoms with Crippen molar-refractivity contribution in [3.05, 3.63) is 33.1 Å². The summed E-state index contributed by atoms with van der Waals surface area (Å²) < 4.78 is 47.6. The second kappa shape index (κ2) is 12.9. The van der Waals surface area contributed by atoms with Crippen LogP contribution in [-0.4, -0.2) is 107 Å². The zero-order chi connectivity index (χ0) is 27.0. The number of hydrogen-bond donors (Lipinski definition) is 8. The van der Waals surface area contributed by atoms with Crippen LogP contribution in [-0.2, 0) is 32.0 Å². The first kappa shape index (κ1) is 32.8.